The molecule has 1 aromatic rings. The SMILES string of the molecule is COc1ccc(/C=C/C([O])=O)cc1. The lowest BCUT2D eigenvalue weighted by Crippen LogP contribution is -1.84. The molecule has 1 radical (unpaired) electrons. The summed E-state index contributed by atoms with van der Waals surface area (Å²) in [6.45, 7) is 0. The molecule has 0 aliphatic heterocycles. The number of hydrogen-bond donors (Lipinski definition) is 0. The number of ether oxygens (including phenoxy) is 1. The molecule has 0 atom stereocenters. The third-order valence-electron chi connectivity index (χ3n) is 1.53. The summed E-state index contributed by atoms with van der Waals surface area (Å²) in [5, 5.41) is 10.1. The maximum absolute atomic E-state index is 10.1. The first-order valence-electron chi connectivity index (χ1n) is 3.75. The monoisotopic (exact) mass is 177 g/mol. The van der Waals surface area contributed by atoms with Gasteiger partial charge in [-0.05, 0) is 23.8 Å². The van der Waals surface area contributed by atoms with Crippen LogP contribution in [-0.4, -0.2) is 13.1 Å². The van der Waals surface area contributed by atoms with Crippen LogP contribution < -0.4 is 4.74 Å². The molecule has 1 aromatic carbocycles. The topological polar surface area (TPSA) is 46.2 Å². The summed E-state index contributed by atoms with van der Waals surface area (Å²) >= 11 is 0. The quantitative estimate of drug-likeness (QED) is 0.659. The molecule has 0 heterocycles. The molecule has 67 valence electrons. The normalized spacial score (nSPS) is 10.2. The molecule has 0 bridgehead atoms. The van der Waals surface area contributed by atoms with Crippen molar-refractivity contribution in [2.75, 3.05) is 7.11 Å². The highest BCUT2D eigenvalue weighted by Gasteiger charge is 1.92. The first-order valence-corrected chi connectivity index (χ1v) is 3.75. The van der Waals surface area contributed by atoms with E-state index in [9.17, 15) is 9.90 Å². The van der Waals surface area contributed by atoms with Gasteiger partial charge in [-0.25, -0.2) is 9.90 Å². The molecule has 0 aliphatic rings. The fourth-order valence-corrected chi connectivity index (χ4v) is 0.879. The first kappa shape index (κ1) is 9.32. The van der Waals surface area contributed by atoms with Gasteiger partial charge in [0.2, 0.25) is 0 Å². The molecular weight excluding hydrogens is 168 g/mol. The predicted molar refractivity (Wildman–Crippen MR) is 47.7 cm³/mol. The molecule has 13 heavy (non-hydrogen) atoms. The molecule has 1 rings (SSSR count). The Morgan fingerprint density at radius 3 is 2.38 bits per heavy atom. The number of carbonyl (C=O) groups excluding carboxylic acids is 1. The summed E-state index contributed by atoms with van der Waals surface area (Å²) < 4.78 is 4.94. The maximum atomic E-state index is 10.1. The Morgan fingerprint density at radius 1 is 1.31 bits per heavy atom. The Hall–Kier alpha value is -1.77. The van der Waals surface area contributed by atoms with Crippen LogP contribution in [0.15, 0.2) is 30.3 Å². The van der Waals surface area contributed by atoms with Gasteiger partial charge < -0.3 is 4.74 Å². The minimum atomic E-state index is -1.20. The van der Waals surface area contributed by atoms with Crippen LogP contribution in [0.1, 0.15) is 5.56 Å². The van der Waals surface area contributed by atoms with Gasteiger partial charge >= 0.3 is 5.97 Å². The lowest BCUT2D eigenvalue weighted by Gasteiger charge is -1.98. The van der Waals surface area contributed by atoms with Crippen LogP contribution in [0.5, 0.6) is 5.75 Å². The Balaban J connectivity index is 2.75. The Morgan fingerprint density at radius 2 is 1.92 bits per heavy atom. The van der Waals surface area contributed by atoms with Crippen molar-refractivity contribution in [3.63, 3.8) is 0 Å². The van der Waals surface area contributed by atoms with E-state index < -0.39 is 5.97 Å². The summed E-state index contributed by atoms with van der Waals surface area (Å²) in [6.07, 6.45) is 2.45. The van der Waals surface area contributed by atoms with E-state index in [0.29, 0.717) is 0 Å². The lowest BCUT2D eigenvalue weighted by molar-refractivity contribution is -0.137. The number of methoxy groups -OCH3 is 1. The van der Waals surface area contributed by atoms with Crippen LogP contribution >= 0.6 is 0 Å². The van der Waals surface area contributed by atoms with Gasteiger partial charge in [-0.3, -0.25) is 0 Å². The highest BCUT2D eigenvalue weighted by Crippen LogP contribution is 2.11. The fraction of sp³-hybridized carbons (Fsp3) is 0.100. The molecule has 3 nitrogen and oxygen atoms in total. The Labute approximate surface area is 76.3 Å². The predicted octanol–water partition coefficient (Wildman–Crippen LogP) is 1.67. The second-order valence-electron chi connectivity index (χ2n) is 2.43. The number of benzene rings is 1. The van der Waals surface area contributed by atoms with Gasteiger partial charge in [0, 0.05) is 6.08 Å². The summed E-state index contributed by atoms with van der Waals surface area (Å²) in [5.41, 5.74) is 0.796. The number of carbonyl (C=O) groups is 1. The number of rotatable bonds is 3. The van der Waals surface area contributed by atoms with Gasteiger partial charge in [0.25, 0.3) is 0 Å². The molecular formula is C10H9O3. The van der Waals surface area contributed by atoms with E-state index in [1.54, 1.807) is 31.4 Å². The van der Waals surface area contributed by atoms with E-state index in [1.165, 1.54) is 6.08 Å². The van der Waals surface area contributed by atoms with Crippen LogP contribution in [0.4, 0.5) is 0 Å². The van der Waals surface area contributed by atoms with E-state index in [0.717, 1.165) is 17.4 Å². The minimum absolute atomic E-state index is 0.741. The third-order valence-corrected chi connectivity index (χ3v) is 1.53. The van der Waals surface area contributed by atoms with E-state index in [2.05, 4.69) is 0 Å². The summed E-state index contributed by atoms with van der Waals surface area (Å²) in [6, 6.07) is 7.04. The highest BCUT2D eigenvalue weighted by molar-refractivity contribution is 5.84. The summed E-state index contributed by atoms with van der Waals surface area (Å²) in [5.74, 6) is -0.457. The lowest BCUT2D eigenvalue weighted by atomic mass is 10.2. The van der Waals surface area contributed by atoms with Crippen molar-refractivity contribution in [1.29, 1.82) is 0 Å². The largest absolute Gasteiger partial charge is 0.497 e. The van der Waals surface area contributed by atoms with Gasteiger partial charge in [-0.15, -0.1) is 0 Å². The molecule has 0 spiro atoms. The average Bonchev–Trinajstić information content (AvgIpc) is 2.15. The van der Waals surface area contributed by atoms with Gasteiger partial charge in [0.05, 0.1) is 7.11 Å². The maximum Gasteiger partial charge on any atom is 0.379 e. The van der Waals surface area contributed by atoms with Crippen LogP contribution in [0.25, 0.3) is 6.08 Å². The van der Waals surface area contributed by atoms with Crippen LogP contribution in [0.3, 0.4) is 0 Å². The van der Waals surface area contributed by atoms with Gasteiger partial charge in [-0.1, -0.05) is 12.1 Å². The van der Waals surface area contributed by atoms with Gasteiger partial charge in [0.15, 0.2) is 0 Å². The first-order chi connectivity index (χ1) is 6.22. The second kappa shape index (κ2) is 4.30. The molecule has 0 unspecified atom stereocenters. The molecule has 0 saturated heterocycles. The smallest absolute Gasteiger partial charge is 0.379 e. The van der Waals surface area contributed by atoms with E-state index >= 15 is 0 Å². The van der Waals surface area contributed by atoms with Crippen molar-refractivity contribution < 1.29 is 14.6 Å². The van der Waals surface area contributed by atoms with Crippen LogP contribution in [0.2, 0.25) is 0 Å². The van der Waals surface area contributed by atoms with Crippen molar-refractivity contribution in [3.05, 3.63) is 35.9 Å². The van der Waals surface area contributed by atoms with Gasteiger partial charge in [-0.2, -0.15) is 0 Å². The van der Waals surface area contributed by atoms with Crippen LogP contribution in [0, 0.1) is 0 Å². The van der Waals surface area contributed by atoms with Crippen molar-refractivity contribution in [2.24, 2.45) is 0 Å². The average molecular weight is 177 g/mol. The van der Waals surface area contributed by atoms with Crippen molar-refractivity contribution in [3.8, 4) is 5.75 Å². The molecule has 0 fully saturated rings. The number of hydrogen-bond acceptors (Lipinski definition) is 2. The van der Waals surface area contributed by atoms with Crippen LogP contribution in [-0.2, 0) is 9.90 Å². The van der Waals surface area contributed by atoms with Gasteiger partial charge in [0.1, 0.15) is 5.75 Å². The molecule has 0 N–H and O–H groups in total. The zero-order chi connectivity index (χ0) is 9.68. The summed E-state index contributed by atoms with van der Waals surface area (Å²) in [7, 11) is 1.58. The van der Waals surface area contributed by atoms with E-state index in [4.69, 9.17) is 4.74 Å². The zero-order valence-electron chi connectivity index (χ0n) is 7.19. The van der Waals surface area contributed by atoms with Crippen molar-refractivity contribution in [2.45, 2.75) is 0 Å². The minimum Gasteiger partial charge on any atom is -0.497 e. The summed E-state index contributed by atoms with van der Waals surface area (Å²) in [4.78, 5) is 10.1. The molecule has 0 aliphatic carbocycles. The Bertz CT molecular complexity index is 311. The van der Waals surface area contributed by atoms with E-state index in [-0.39, 0.29) is 0 Å². The Kier molecular flexibility index (Phi) is 3.09. The third kappa shape index (κ3) is 2.99. The fourth-order valence-electron chi connectivity index (χ4n) is 0.879. The van der Waals surface area contributed by atoms with Crippen molar-refractivity contribution in [1.82, 2.24) is 0 Å². The highest BCUT2D eigenvalue weighted by atomic mass is 16.5. The van der Waals surface area contributed by atoms with Crippen molar-refractivity contribution >= 4 is 12.0 Å². The zero-order valence-corrected chi connectivity index (χ0v) is 7.19. The van der Waals surface area contributed by atoms with E-state index in [1.807, 2.05) is 0 Å². The molecule has 0 amide bonds. The standard InChI is InChI=1S/C10H9O3/c1-13-9-5-2-8(3-6-9)4-7-10(11)12/h2-7H,1H3/b7-4+. The second-order valence-corrected chi connectivity index (χ2v) is 2.43. The molecule has 0 aromatic heterocycles. The molecule has 0 saturated carbocycles. The molecule has 3 heteroatoms.